The number of carbonyl (C=O) groups excluding carboxylic acids is 2. The third kappa shape index (κ3) is 9.51. The molecule has 0 aromatic heterocycles. The van der Waals surface area contributed by atoms with Gasteiger partial charge in [-0.15, -0.1) is 0 Å². The summed E-state index contributed by atoms with van der Waals surface area (Å²) in [6.45, 7) is 4.34. The lowest BCUT2D eigenvalue weighted by Crippen LogP contribution is -2.53. The highest BCUT2D eigenvalue weighted by atomic mass is 32.2. The lowest BCUT2D eigenvalue weighted by molar-refractivity contribution is -0.126. The molecule has 1 heterocycles. The Labute approximate surface area is 265 Å². The zero-order chi connectivity index (χ0) is 32.8. The molecule has 0 radical (unpaired) electrons. The van der Waals surface area contributed by atoms with Crippen LogP contribution >= 0.6 is 0 Å². The summed E-state index contributed by atoms with van der Waals surface area (Å²) >= 11 is 0. The first-order chi connectivity index (χ1) is 21.3. The van der Waals surface area contributed by atoms with Crippen LogP contribution < -0.4 is 10.6 Å². The van der Waals surface area contributed by atoms with Crippen LogP contribution in [0.3, 0.4) is 0 Å². The molecule has 246 valence electrons. The molecule has 4 N–H and O–H groups in total. The first kappa shape index (κ1) is 34.4. The molecule has 12 heteroatoms. The predicted molar refractivity (Wildman–Crippen MR) is 169 cm³/mol. The fourth-order valence-electron chi connectivity index (χ4n) is 5.22. The van der Waals surface area contributed by atoms with E-state index in [4.69, 9.17) is 0 Å². The van der Waals surface area contributed by atoms with Gasteiger partial charge in [-0.2, -0.15) is 0 Å². The maximum atomic E-state index is 13.7. The van der Waals surface area contributed by atoms with E-state index in [1.807, 2.05) is 41.4 Å². The molecule has 3 atom stereocenters. The Balaban J connectivity index is 1.61. The number of nitrogens with zero attached hydrogens (tertiary/aromatic N) is 2. The molecule has 1 fully saturated rings. The van der Waals surface area contributed by atoms with Crippen molar-refractivity contribution in [3.63, 3.8) is 0 Å². The largest absolute Gasteiger partial charge is 0.394 e. The van der Waals surface area contributed by atoms with Gasteiger partial charge in [0.2, 0.25) is 11.8 Å². The Morgan fingerprint density at radius 1 is 1.04 bits per heavy atom. The van der Waals surface area contributed by atoms with Crippen LogP contribution in [0.15, 0.2) is 66.5 Å². The Bertz CT molecular complexity index is 1440. The average Bonchev–Trinajstić information content (AvgIpc) is 3.78. The van der Waals surface area contributed by atoms with E-state index in [1.165, 1.54) is 12.1 Å². The normalized spacial score (nSPS) is 18.4. The predicted octanol–water partition coefficient (Wildman–Crippen LogP) is 2.67. The van der Waals surface area contributed by atoms with Gasteiger partial charge in [0.25, 0.3) is 0 Å². The lowest BCUT2D eigenvalue weighted by Gasteiger charge is -2.35. The zero-order valence-corrected chi connectivity index (χ0v) is 27.0. The highest BCUT2D eigenvalue weighted by molar-refractivity contribution is 7.92. The van der Waals surface area contributed by atoms with Gasteiger partial charge in [-0.1, -0.05) is 42.5 Å². The van der Waals surface area contributed by atoms with Crippen LogP contribution in [0, 0.1) is 11.7 Å². The molecule has 2 amide bonds. The van der Waals surface area contributed by atoms with Crippen LogP contribution in [-0.2, 0) is 32.4 Å². The van der Waals surface area contributed by atoms with Gasteiger partial charge in [0.05, 0.1) is 29.1 Å². The summed E-state index contributed by atoms with van der Waals surface area (Å²) in [7, 11) is -3.72. The number of sulfone groups is 1. The molecule has 10 nitrogen and oxygen atoms in total. The highest BCUT2D eigenvalue weighted by Crippen LogP contribution is 2.39. The number of hydrogen-bond donors (Lipinski definition) is 4. The minimum Gasteiger partial charge on any atom is -0.394 e. The van der Waals surface area contributed by atoms with E-state index in [0.29, 0.717) is 18.7 Å². The molecule has 2 aromatic rings. The molecule has 45 heavy (non-hydrogen) atoms. The summed E-state index contributed by atoms with van der Waals surface area (Å²) in [6, 6.07) is 15.9. The van der Waals surface area contributed by atoms with E-state index >= 15 is 0 Å². The average molecular weight is 645 g/mol. The second kappa shape index (κ2) is 14.7. The van der Waals surface area contributed by atoms with E-state index in [-0.39, 0.29) is 37.2 Å². The topological polar surface area (TPSA) is 139 Å². The molecule has 0 saturated heterocycles. The number of hydrogen-bond acceptors (Lipinski definition) is 8. The molecule has 2 aliphatic rings. The molecule has 1 aliphatic heterocycles. The number of halogens is 1. The highest BCUT2D eigenvalue weighted by Gasteiger charge is 2.44. The molecule has 4 rings (SSSR count). The lowest BCUT2D eigenvalue weighted by atomic mass is 10.0. The zero-order valence-electron chi connectivity index (χ0n) is 26.2. The van der Waals surface area contributed by atoms with Crippen molar-refractivity contribution < 1.29 is 32.6 Å². The van der Waals surface area contributed by atoms with Gasteiger partial charge in [0.1, 0.15) is 5.82 Å². The number of aliphatic hydroxyl groups is 2. The van der Waals surface area contributed by atoms with Gasteiger partial charge in [-0.3, -0.25) is 9.59 Å². The molecule has 0 spiro atoms. The van der Waals surface area contributed by atoms with Crippen molar-refractivity contribution in [3.05, 3.63) is 83.4 Å². The van der Waals surface area contributed by atoms with E-state index in [9.17, 15) is 32.6 Å². The molecule has 1 unspecified atom stereocenters. The van der Waals surface area contributed by atoms with Crippen molar-refractivity contribution in [2.45, 2.75) is 82.6 Å². The monoisotopic (exact) mass is 644 g/mol. The van der Waals surface area contributed by atoms with E-state index < -0.39 is 51.2 Å². The summed E-state index contributed by atoms with van der Waals surface area (Å²) in [6.07, 6.45) is 2.74. The van der Waals surface area contributed by atoms with Crippen LogP contribution in [0.25, 0.3) is 0 Å². The van der Waals surface area contributed by atoms with Crippen molar-refractivity contribution in [3.8, 4) is 0 Å². The van der Waals surface area contributed by atoms with Gasteiger partial charge in [-0.05, 0) is 63.3 Å². The molecular weight excluding hydrogens is 599 g/mol. The number of nitrogens with one attached hydrogen (secondary N) is 2. The molecule has 2 aromatic carbocycles. The molecule has 1 aliphatic carbocycles. The Kier molecular flexibility index (Phi) is 11.3. The van der Waals surface area contributed by atoms with Crippen molar-refractivity contribution in [1.82, 2.24) is 20.4 Å². The quantitative estimate of drug-likeness (QED) is 0.232. The standard InChI is InChI=1S/C33H45FN4O6S/c1-33(2,3)45(43,44)22-25(31(42)35-18-29(40)21-39)17-28-20-37(19-24-9-12-26(34)13-10-24)32(38(28)27-14-15-27)36-30(41)16-11-23-7-5-4-6-8-23/h4-10,12-13,20,25,27,29,32,39-40H,11,14-19,21-22H2,1-3H3,(H,35,42)(H,36,41)/t25?,29-,32+/m0/s1. The summed E-state index contributed by atoms with van der Waals surface area (Å²) in [5, 5.41) is 24.8. The number of allylic oxidation sites excluding steroid dienone is 1. The van der Waals surface area contributed by atoms with Crippen LogP contribution in [-0.4, -0.2) is 82.3 Å². The number of aliphatic hydroxyl groups excluding tert-OH is 2. The SMILES string of the molecule is CC(C)(C)S(=O)(=O)CC(CC1=CN(Cc2ccc(F)cc2)[C@@H](NC(=O)CCc2ccccc2)N1C1CC1)C(=O)NC[C@H](O)CO. The third-order valence-electron chi connectivity index (χ3n) is 8.12. The van der Waals surface area contributed by atoms with Gasteiger partial charge < -0.3 is 30.6 Å². The second-order valence-electron chi connectivity index (χ2n) is 12.9. The van der Waals surface area contributed by atoms with Crippen LogP contribution in [0.1, 0.15) is 57.6 Å². The second-order valence-corrected chi connectivity index (χ2v) is 15.6. The minimum atomic E-state index is -3.72. The summed E-state index contributed by atoms with van der Waals surface area (Å²) in [4.78, 5) is 30.7. The van der Waals surface area contributed by atoms with Crippen molar-refractivity contribution in [2.24, 2.45) is 5.92 Å². The molecular formula is C33H45FN4O6S. The number of aryl methyl sites for hydroxylation is 1. The van der Waals surface area contributed by atoms with Crippen LogP contribution in [0.5, 0.6) is 0 Å². The maximum Gasteiger partial charge on any atom is 0.224 e. The number of rotatable bonds is 15. The first-order valence-electron chi connectivity index (χ1n) is 15.4. The minimum absolute atomic E-state index is 0.0726. The number of benzene rings is 2. The van der Waals surface area contributed by atoms with E-state index in [0.717, 1.165) is 24.0 Å². The Morgan fingerprint density at radius 2 is 1.71 bits per heavy atom. The smallest absolute Gasteiger partial charge is 0.224 e. The fourth-order valence-corrected chi connectivity index (χ4v) is 6.52. The van der Waals surface area contributed by atoms with Crippen molar-refractivity contribution in [2.75, 3.05) is 18.9 Å². The molecule has 1 saturated carbocycles. The number of carbonyl (C=O) groups is 2. The molecule has 0 bridgehead atoms. The summed E-state index contributed by atoms with van der Waals surface area (Å²) < 4.78 is 39.2. The van der Waals surface area contributed by atoms with E-state index in [1.54, 1.807) is 32.9 Å². The first-order valence-corrected chi connectivity index (χ1v) is 17.0. The van der Waals surface area contributed by atoms with Crippen LogP contribution in [0.4, 0.5) is 4.39 Å². The fraction of sp³-hybridized carbons (Fsp3) is 0.515. The summed E-state index contributed by atoms with van der Waals surface area (Å²) in [5.41, 5.74) is 2.57. The van der Waals surface area contributed by atoms with Gasteiger partial charge in [0.15, 0.2) is 16.1 Å². The third-order valence-corrected chi connectivity index (χ3v) is 10.8. The van der Waals surface area contributed by atoms with Gasteiger partial charge >= 0.3 is 0 Å². The van der Waals surface area contributed by atoms with Crippen molar-refractivity contribution >= 4 is 21.7 Å². The summed E-state index contributed by atoms with van der Waals surface area (Å²) in [5.74, 6) is -2.47. The van der Waals surface area contributed by atoms with Gasteiger partial charge in [0, 0.05) is 43.9 Å². The van der Waals surface area contributed by atoms with E-state index in [2.05, 4.69) is 15.5 Å². The number of amides is 2. The Hall–Kier alpha value is -3.48. The van der Waals surface area contributed by atoms with Crippen LogP contribution in [0.2, 0.25) is 0 Å². The van der Waals surface area contributed by atoms with Crippen molar-refractivity contribution in [1.29, 1.82) is 0 Å². The van der Waals surface area contributed by atoms with Gasteiger partial charge in [-0.25, -0.2) is 12.8 Å². The Morgan fingerprint density at radius 3 is 2.31 bits per heavy atom. The maximum absolute atomic E-state index is 13.7.